The topological polar surface area (TPSA) is 81.2 Å². The number of nitro benzene ring substituents is 1. The van der Waals surface area contributed by atoms with Crippen LogP contribution in [0.5, 0.6) is 0 Å². The summed E-state index contributed by atoms with van der Waals surface area (Å²) in [6.07, 6.45) is 0.908. The van der Waals surface area contributed by atoms with Crippen LogP contribution >= 0.6 is 0 Å². The molecule has 1 N–H and O–H groups in total. The number of hydrogen-bond acceptors (Lipinski definition) is 5. The molecule has 4 aromatic rings. The zero-order valence-electron chi connectivity index (χ0n) is 15.7. The van der Waals surface area contributed by atoms with Gasteiger partial charge in [-0.15, -0.1) is 0 Å². The molecule has 0 aliphatic carbocycles. The Morgan fingerprint density at radius 1 is 1.07 bits per heavy atom. The second-order valence-electron chi connectivity index (χ2n) is 6.62. The summed E-state index contributed by atoms with van der Waals surface area (Å²) in [4.78, 5) is 15.3. The molecule has 146 valence electrons. The van der Waals surface area contributed by atoms with Crippen molar-refractivity contribution < 1.29 is 13.7 Å². The fraction of sp³-hybridized carbons (Fsp3) is 0.136. The molecular formula is C22H18FN3O3. The first-order valence-corrected chi connectivity index (χ1v) is 9.24. The highest BCUT2D eigenvalue weighted by Gasteiger charge is 2.17. The quantitative estimate of drug-likeness (QED) is 0.320. The maximum absolute atomic E-state index is 13.2. The Morgan fingerprint density at radius 2 is 1.83 bits per heavy atom. The van der Waals surface area contributed by atoms with E-state index in [1.807, 2.05) is 19.1 Å². The van der Waals surface area contributed by atoms with Gasteiger partial charge in [0.25, 0.3) is 5.69 Å². The lowest BCUT2D eigenvalue weighted by Gasteiger charge is -2.08. The predicted octanol–water partition coefficient (Wildman–Crippen LogP) is 6.03. The molecule has 4 rings (SSSR count). The molecule has 1 aromatic heterocycles. The molecule has 3 aromatic carbocycles. The number of halogens is 1. The highest BCUT2D eigenvalue weighted by molar-refractivity contribution is 5.84. The van der Waals surface area contributed by atoms with Crippen LogP contribution in [0.15, 0.2) is 65.1 Å². The van der Waals surface area contributed by atoms with Gasteiger partial charge < -0.3 is 9.73 Å². The van der Waals surface area contributed by atoms with Crippen molar-refractivity contribution in [2.24, 2.45) is 0 Å². The van der Waals surface area contributed by atoms with Gasteiger partial charge in [0.15, 0.2) is 5.58 Å². The number of aromatic nitrogens is 1. The summed E-state index contributed by atoms with van der Waals surface area (Å²) in [6.45, 7) is 2.76. The molecule has 0 atom stereocenters. The van der Waals surface area contributed by atoms with Crippen LogP contribution < -0.4 is 5.32 Å². The van der Waals surface area contributed by atoms with Crippen molar-refractivity contribution in [2.45, 2.75) is 13.3 Å². The van der Waals surface area contributed by atoms with E-state index in [2.05, 4.69) is 10.3 Å². The van der Waals surface area contributed by atoms with Crippen LogP contribution in [-0.2, 0) is 0 Å². The number of benzene rings is 3. The fourth-order valence-corrected chi connectivity index (χ4v) is 3.10. The van der Waals surface area contributed by atoms with Crippen molar-refractivity contribution in [1.82, 2.24) is 4.98 Å². The van der Waals surface area contributed by atoms with Gasteiger partial charge in [0.1, 0.15) is 11.3 Å². The fourth-order valence-electron chi connectivity index (χ4n) is 3.10. The number of rotatable bonds is 6. The van der Waals surface area contributed by atoms with Crippen LogP contribution in [-0.4, -0.2) is 16.5 Å². The smallest absolute Gasteiger partial charge is 0.270 e. The van der Waals surface area contributed by atoms with Crippen LogP contribution in [0.1, 0.15) is 13.3 Å². The van der Waals surface area contributed by atoms with Crippen molar-refractivity contribution in [3.63, 3.8) is 0 Å². The Morgan fingerprint density at radius 3 is 2.55 bits per heavy atom. The number of nitro groups is 1. The van der Waals surface area contributed by atoms with Gasteiger partial charge in [-0.05, 0) is 47.9 Å². The molecule has 0 aliphatic heterocycles. The molecule has 0 bridgehead atoms. The van der Waals surface area contributed by atoms with Crippen LogP contribution in [0.3, 0.4) is 0 Å². The molecule has 0 spiro atoms. The Hall–Kier alpha value is -3.74. The van der Waals surface area contributed by atoms with Crippen molar-refractivity contribution in [3.8, 4) is 22.6 Å². The minimum Gasteiger partial charge on any atom is -0.436 e. The van der Waals surface area contributed by atoms with Crippen molar-refractivity contribution in [2.75, 3.05) is 11.9 Å². The Balaban J connectivity index is 1.78. The highest BCUT2D eigenvalue weighted by Crippen LogP contribution is 2.34. The third-order valence-corrected chi connectivity index (χ3v) is 4.57. The lowest BCUT2D eigenvalue weighted by Crippen LogP contribution is -2.02. The normalized spacial score (nSPS) is 11.0. The molecule has 0 fully saturated rings. The molecule has 6 nitrogen and oxygen atoms in total. The number of oxazole rings is 1. The van der Waals surface area contributed by atoms with Crippen LogP contribution in [0.2, 0.25) is 0 Å². The van der Waals surface area contributed by atoms with Gasteiger partial charge in [0.2, 0.25) is 5.89 Å². The summed E-state index contributed by atoms with van der Waals surface area (Å²) in [6, 6.07) is 16.3. The van der Waals surface area contributed by atoms with Crippen LogP contribution in [0, 0.1) is 15.9 Å². The second kappa shape index (κ2) is 7.71. The first-order valence-electron chi connectivity index (χ1n) is 9.24. The number of hydrogen-bond donors (Lipinski definition) is 1. The standard InChI is InChI=1S/C22H18FN3O3/c1-2-11-24-19-9-8-17(26(27)28)13-18(19)22-25-20-12-15(5-10-21(20)29-22)14-3-6-16(23)7-4-14/h3-10,12-13,24H,2,11H2,1H3. The van der Waals surface area contributed by atoms with Gasteiger partial charge in [0, 0.05) is 24.4 Å². The molecule has 0 saturated carbocycles. The zero-order chi connectivity index (χ0) is 20.4. The molecule has 7 heteroatoms. The third-order valence-electron chi connectivity index (χ3n) is 4.57. The number of nitrogens with zero attached hydrogens (tertiary/aromatic N) is 2. The van der Waals surface area contributed by atoms with Gasteiger partial charge in [0.05, 0.1) is 10.5 Å². The SMILES string of the molecule is CCCNc1ccc([N+](=O)[O-])cc1-c1nc2cc(-c3ccc(F)cc3)ccc2o1. The van der Waals surface area contributed by atoms with Gasteiger partial charge in [-0.1, -0.05) is 25.1 Å². The molecule has 0 saturated heterocycles. The van der Waals surface area contributed by atoms with E-state index in [1.54, 1.807) is 24.3 Å². The number of non-ortho nitro benzene ring substituents is 1. The van der Waals surface area contributed by atoms with E-state index in [0.29, 0.717) is 22.6 Å². The highest BCUT2D eigenvalue weighted by atomic mass is 19.1. The monoisotopic (exact) mass is 391 g/mol. The summed E-state index contributed by atoms with van der Waals surface area (Å²) < 4.78 is 19.1. The van der Waals surface area contributed by atoms with Crippen molar-refractivity contribution in [3.05, 3.63) is 76.6 Å². The number of fused-ring (bicyclic) bond motifs is 1. The largest absolute Gasteiger partial charge is 0.436 e. The van der Waals surface area contributed by atoms with Gasteiger partial charge >= 0.3 is 0 Å². The molecule has 29 heavy (non-hydrogen) atoms. The Labute approximate surface area is 166 Å². The minimum absolute atomic E-state index is 0.0312. The van der Waals surface area contributed by atoms with E-state index in [0.717, 1.165) is 29.8 Å². The summed E-state index contributed by atoms with van der Waals surface area (Å²) in [5.74, 6) is 0.00916. The second-order valence-corrected chi connectivity index (χ2v) is 6.62. The number of anilines is 1. The average molecular weight is 391 g/mol. The summed E-state index contributed by atoms with van der Waals surface area (Å²) in [7, 11) is 0. The molecule has 0 aliphatic rings. The maximum atomic E-state index is 13.2. The van der Waals surface area contributed by atoms with E-state index in [4.69, 9.17) is 4.42 Å². The minimum atomic E-state index is -0.442. The van der Waals surface area contributed by atoms with E-state index in [1.165, 1.54) is 24.3 Å². The van der Waals surface area contributed by atoms with E-state index < -0.39 is 4.92 Å². The maximum Gasteiger partial charge on any atom is 0.270 e. The summed E-state index contributed by atoms with van der Waals surface area (Å²) in [5, 5.41) is 14.5. The van der Waals surface area contributed by atoms with E-state index in [-0.39, 0.29) is 11.5 Å². The first-order chi connectivity index (χ1) is 14.0. The van der Waals surface area contributed by atoms with Crippen LogP contribution in [0.25, 0.3) is 33.7 Å². The van der Waals surface area contributed by atoms with Crippen molar-refractivity contribution in [1.29, 1.82) is 0 Å². The summed E-state index contributed by atoms with van der Waals surface area (Å²) >= 11 is 0. The third kappa shape index (κ3) is 3.80. The van der Waals surface area contributed by atoms with E-state index >= 15 is 0 Å². The Bertz CT molecular complexity index is 1190. The van der Waals surface area contributed by atoms with Crippen molar-refractivity contribution >= 4 is 22.5 Å². The molecule has 0 unspecified atom stereocenters. The first kappa shape index (κ1) is 18.6. The zero-order valence-corrected chi connectivity index (χ0v) is 15.7. The lowest BCUT2D eigenvalue weighted by atomic mass is 10.1. The van der Waals surface area contributed by atoms with Gasteiger partial charge in [-0.3, -0.25) is 10.1 Å². The molecular weight excluding hydrogens is 373 g/mol. The average Bonchev–Trinajstić information content (AvgIpc) is 3.15. The molecule has 0 radical (unpaired) electrons. The summed E-state index contributed by atoms with van der Waals surface area (Å²) in [5.41, 5.74) is 4.15. The molecule has 1 heterocycles. The molecule has 0 amide bonds. The number of nitrogens with one attached hydrogen (secondary N) is 1. The van der Waals surface area contributed by atoms with Gasteiger partial charge in [-0.25, -0.2) is 9.37 Å². The van der Waals surface area contributed by atoms with E-state index in [9.17, 15) is 14.5 Å². The Kier molecular flexibility index (Phi) is 4.95. The lowest BCUT2D eigenvalue weighted by molar-refractivity contribution is -0.384. The predicted molar refractivity (Wildman–Crippen MR) is 110 cm³/mol. The van der Waals surface area contributed by atoms with Gasteiger partial charge in [-0.2, -0.15) is 0 Å². The van der Waals surface area contributed by atoms with Crippen LogP contribution in [0.4, 0.5) is 15.8 Å².